The van der Waals surface area contributed by atoms with E-state index in [1.807, 2.05) is 62.7 Å². The lowest BCUT2D eigenvalue weighted by Crippen LogP contribution is -2.47. The molecule has 1 saturated heterocycles. The summed E-state index contributed by atoms with van der Waals surface area (Å²) in [5.74, 6) is 0. The summed E-state index contributed by atoms with van der Waals surface area (Å²) < 4.78 is 7.44. The van der Waals surface area contributed by atoms with Gasteiger partial charge < -0.3 is 10.1 Å². The van der Waals surface area contributed by atoms with Crippen LogP contribution in [0.3, 0.4) is 0 Å². The van der Waals surface area contributed by atoms with Crippen molar-refractivity contribution in [2.45, 2.75) is 58.5 Å². The van der Waals surface area contributed by atoms with E-state index in [0.29, 0.717) is 19.6 Å². The zero-order valence-electron chi connectivity index (χ0n) is 17.3. The Labute approximate surface area is 170 Å². The Morgan fingerprint density at radius 1 is 1.21 bits per heavy atom. The van der Waals surface area contributed by atoms with E-state index in [1.165, 1.54) is 0 Å². The zero-order chi connectivity index (χ0) is 20.8. The number of nitrogens with zero attached hydrogens (tertiary/aromatic N) is 4. The molecule has 0 spiro atoms. The molecule has 1 aromatic heterocycles. The van der Waals surface area contributed by atoms with Crippen LogP contribution in [0, 0.1) is 0 Å². The Morgan fingerprint density at radius 2 is 1.93 bits per heavy atom. The third kappa shape index (κ3) is 3.79. The van der Waals surface area contributed by atoms with Crippen molar-refractivity contribution >= 4 is 17.8 Å². The lowest BCUT2D eigenvalue weighted by Gasteiger charge is -2.35. The maximum atomic E-state index is 12.7. The van der Waals surface area contributed by atoms with Gasteiger partial charge in [0.15, 0.2) is 0 Å². The molecule has 0 radical (unpaired) electrons. The fourth-order valence-corrected chi connectivity index (χ4v) is 3.80. The first-order chi connectivity index (χ1) is 13.7. The number of urea groups is 1. The topological polar surface area (TPSA) is 79.7 Å². The minimum Gasteiger partial charge on any atom is -0.444 e. The van der Waals surface area contributed by atoms with E-state index in [2.05, 4.69) is 10.4 Å². The highest BCUT2D eigenvalue weighted by Gasteiger charge is 2.37. The summed E-state index contributed by atoms with van der Waals surface area (Å²) in [7, 11) is 0. The highest BCUT2D eigenvalue weighted by molar-refractivity contribution is 5.95. The number of benzene rings is 1. The number of carbonyl (C=O) groups is 2. The van der Waals surface area contributed by atoms with Crippen LogP contribution in [-0.4, -0.2) is 45.0 Å². The van der Waals surface area contributed by atoms with E-state index >= 15 is 0 Å². The summed E-state index contributed by atoms with van der Waals surface area (Å²) in [5, 5.41) is 7.50. The van der Waals surface area contributed by atoms with E-state index in [4.69, 9.17) is 4.74 Å². The van der Waals surface area contributed by atoms with Crippen LogP contribution in [0.4, 0.5) is 15.3 Å². The summed E-state index contributed by atoms with van der Waals surface area (Å²) in [6.45, 7) is 8.97. The van der Waals surface area contributed by atoms with E-state index in [1.54, 1.807) is 16.0 Å². The number of hydrogen-bond donors (Lipinski definition) is 1. The fraction of sp³-hybridized carbons (Fsp3) is 0.476. The van der Waals surface area contributed by atoms with Gasteiger partial charge in [0.2, 0.25) is 0 Å². The van der Waals surface area contributed by atoms with Crippen LogP contribution in [-0.2, 0) is 17.8 Å². The van der Waals surface area contributed by atoms with Crippen LogP contribution in [0.5, 0.6) is 0 Å². The van der Waals surface area contributed by atoms with Gasteiger partial charge in [0.05, 0.1) is 49.3 Å². The third-order valence-corrected chi connectivity index (χ3v) is 5.24. The normalized spacial score (nSPS) is 21.7. The van der Waals surface area contributed by atoms with Crippen molar-refractivity contribution in [3.8, 4) is 0 Å². The molecule has 154 valence electrons. The molecule has 0 bridgehead atoms. The van der Waals surface area contributed by atoms with E-state index < -0.39 is 5.60 Å². The van der Waals surface area contributed by atoms with Crippen LogP contribution in [0.2, 0.25) is 0 Å². The van der Waals surface area contributed by atoms with Crippen molar-refractivity contribution in [2.75, 3.05) is 11.4 Å². The van der Waals surface area contributed by atoms with Gasteiger partial charge in [0.1, 0.15) is 5.60 Å². The maximum absolute atomic E-state index is 12.7. The minimum atomic E-state index is -0.560. The average molecular weight is 397 g/mol. The first-order valence-corrected chi connectivity index (χ1v) is 9.90. The first-order valence-electron chi connectivity index (χ1n) is 9.90. The largest absolute Gasteiger partial charge is 0.444 e. The van der Waals surface area contributed by atoms with E-state index in [0.717, 1.165) is 16.9 Å². The molecule has 1 fully saturated rings. The van der Waals surface area contributed by atoms with Crippen molar-refractivity contribution in [3.05, 3.63) is 47.8 Å². The van der Waals surface area contributed by atoms with Gasteiger partial charge in [-0.2, -0.15) is 5.10 Å². The second kappa shape index (κ2) is 7.09. The summed E-state index contributed by atoms with van der Waals surface area (Å²) in [4.78, 5) is 28.8. The molecule has 8 nitrogen and oxygen atoms in total. The van der Waals surface area contributed by atoms with E-state index in [9.17, 15) is 9.59 Å². The monoisotopic (exact) mass is 397 g/mol. The highest BCUT2D eigenvalue weighted by atomic mass is 16.6. The third-order valence-electron chi connectivity index (χ3n) is 5.24. The predicted molar refractivity (Wildman–Crippen MR) is 109 cm³/mol. The number of carbonyl (C=O) groups excluding carboxylic acids is 2. The Hall–Kier alpha value is -3.03. The molecule has 2 aromatic rings. The molecule has 29 heavy (non-hydrogen) atoms. The van der Waals surface area contributed by atoms with Crippen molar-refractivity contribution in [1.82, 2.24) is 20.0 Å². The van der Waals surface area contributed by atoms with Crippen molar-refractivity contribution in [1.29, 1.82) is 0 Å². The molecule has 1 unspecified atom stereocenters. The van der Waals surface area contributed by atoms with Crippen LogP contribution >= 0.6 is 0 Å². The van der Waals surface area contributed by atoms with Gasteiger partial charge in [-0.15, -0.1) is 0 Å². The number of fused-ring (bicyclic) bond motifs is 1. The summed E-state index contributed by atoms with van der Waals surface area (Å²) in [6.07, 6.45) is 1.37. The Kier molecular flexibility index (Phi) is 4.72. The van der Waals surface area contributed by atoms with E-state index in [-0.39, 0.29) is 24.2 Å². The second-order valence-electron chi connectivity index (χ2n) is 8.64. The van der Waals surface area contributed by atoms with Crippen LogP contribution in [0.15, 0.2) is 36.5 Å². The molecule has 2 atom stereocenters. The SMILES string of the molecule is C[C@H]1Cn2ncc(N3CC(c4ccccc4)NC3=O)c2CN1C(=O)OC(C)(C)C. The molecule has 2 aliphatic rings. The number of anilines is 1. The number of ether oxygens (including phenoxy) is 1. The van der Waals surface area contributed by atoms with Crippen molar-refractivity contribution < 1.29 is 14.3 Å². The molecule has 3 amide bonds. The molecule has 0 aliphatic carbocycles. The Balaban J connectivity index is 1.56. The second-order valence-corrected chi connectivity index (χ2v) is 8.64. The van der Waals surface area contributed by atoms with Gasteiger partial charge in [0, 0.05) is 0 Å². The quantitative estimate of drug-likeness (QED) is 0.843. The summed E-state index contributed by atoms with van der Waals surface area (Å²) >= 11 is 0. The van der Waals surface area contributed by atoms with Gasteiger partial charge in [0.25, 0.3) is 0 Å². The minimum absolute atomic E-state index is 0.0467. The van der Waals surface area contributed by atoms with Gasteiger partial charge in [-0.05, 0) is 33.3 Å². The average Bonchev–Trinajstić information content (AvgIpc) is 3.23. The number of amides is 3. The van der Waals surface area contributed by atoms with Gasteiger partial charge in [-0.1, -0.05) is 30.3 Å². The van der Waals surface area contributed by atoms with Crippen LogP contribution in [0.25, 0.3) is 0 Å². The predicted octanol–water partition coefficient (Wildman–Crippen LogP) is 3.29. The molecule has 3 heterocycles. The van der Waals surface area contributed by atoms with Crippen molar-refractivity contribution in [3.63, 3.8) is 0 Å². The fourth-order valence-electron chi connectivity index (χ4n) is 3.80. The molecule has 8 heteroatoms. The molecule has 0 saturated carbocycles. The van der Waals surface area contributed by atoms with Gasteiger partial charge in [-0.25, -0.2) is 9.59 Å². The van der Waals surface area contributed by atoms with Crippen LogP contribution in [0.1, 0.15) is 45.0 Å². The number of hydrogen-bond acceptors (Lipinski definition) is 4. The number of rotatable bonds is 2. The van der Waals surface area contributed by atoms with Gasteiger partial charge >= 0.3 is 12.1 Å². The molecule has 1 aromatic carbocycles. The lowest BCUT2D eigenvalue weighted by molar-refractivity contribution is 0.00913. The van der Waals surface area contributed by atoms with Gasteiger partial charge in [-0.3, -0.25) is 14.5 Å². The zero-order valence-corrected chi connectivity index (χ0v) is 17.3. The lowest BCUT2D eigenvalue weighted by atomic mass is 10.1. The highest BCUT2D eigenvalue weighted by Crippen LogP contribution is 2.32. The van der Waals surface area contributed by atoms with Crippen LogP contribution < -0.4 is 10.2 Å². The Bertz CT molecular complexity index is 918. The standard InChI is InChI=1S/C21H27N5O3/c1-14-11-26-18(13-24(14)20(28)29-21(2,3)4)17(10-22-26)25-12-16(23-19(25)27)15-8-6-5-7-9-15/h5-10,14,16H,11-13H2,1-4H3,(H,23,27)/t14-,16?/m0/s1. The first kappa shape index (κ1) is 19.3. The summed E-state index contributed by atoms with van der Waals surface area (Å²) in [5.41, 5.74) is 2.09. The number of aromatic nitrogens is 2. The molecule has 2 aliphatic heterocycles. The maximum Gasteiger partial charge on any atom is 0.410 e. The molecular weight excluding hydrogens is 370 g/mol. The number of nitrogens with one attached hydrogen (secondary N) is 1. The smallest absolute Gasteiger partial charge is 0.410 e. The summed E-state index contributed by atoms with van der Waals surface area (Å²) in [6, 6.07) is 9.62. The molecule has 1 N–H and O–H groups in total. The van der Waals surface area contributed by atoms with Crippen molar-refractivity contribution in [2.24, 2.45) is 0 Å². The Morgan fingerprint density at radius 3 is 2.62 bits per heavy atom. The molecule has 4 rings (SSSR count). The molecular formula is C21H27N5O3.